The van der Waals surface area contributed by atoms with Crippen LogP contribution in [-0.2, 0) is 0 Å². The molecule has 0 aromatic heterocycles. The van der Waals surface area contributed by atoms with Crippen molar-refractivity contribution in [2.45, 2.75) is 6.10 Å². The van der Waals surface area contributed by atoms with Gasteiger partial charge in [-0.3, -0.25) is 0 Å². The molecule has 0 radical (unpaired) electrons. The average Bonchev–Trinajstić information content (AvgIpc) is 2.39. The van der Waals surface area contributed by atoms with Crippen molar-refractivity contribution < 1.29 is 9.84 Å². The summed E-state index contributed by atoms with van der Waals surface area (Å²) in [6.45, 7) is 0. The van der Waals surface area contributed by atoms with E-state index in [9.17, 15) is 5.11 Å². The number of rotatable bonds is 3. The molecule has 1 atom stereocenters. The highest BCUT2D eigenvalue weighted by Gasteiger charge is 2.09. The van der Waals surface area contributed by atoms with E-state index in [2.05, 4.69) is 15.9 Å². The van der Waals surface area contributed by atoms with Gasteiger partial charge in [0, 0.05) is 4.47 Å². The Morgan fingerprint density at radius 1 is 0.941 bits per heavy atom. The Morgan fingerprint density at radius 2 is 1.41 bits per heavy atom. The summed E-state index contributed by atoms with van der Waals surface area (Å²) in [7, 11) is 1.63. The van der Waals surface area contributed by atoms with Crippen LogP contribution in [0.2, 0.25) is 0 Å². The maximum absolute atomic E-state index is 10.2. The summed E-state index contributed by atoms with van der Waals surface area (Å²) < 4.78 is 6.09. The summed E-state index contributed by atoms with van der Waals surface area (Å²) in [4.78, 5) is 0. The zero-order valence-corrected chi connectivity index (χ0v) is 11.0. The Balaban J connectivity index is 2.23. The van der Waals surface area contributed by atoms with E-state index in [0.717, 1.165) is 21.3 Å². The largest absolute Gasteiger partial charge is 0.497 e. The van der Waals surface area contributed by atoms with Gasteiger partial charge in [-0.05, 0) is 35.4 Å². The molecule has 2 aromatic rings. The average molecular weight is 293 g/mol. The molecule has 0 spiro atoms. The van der Waals surface area contributed by atoms with E-state index in [1.165, 1.54) is 0 Å². The Morgan fingerprint density at radius 3 is 1.88 bits per heavy atom. The second kappa shape index (κ2) is 5.34. The molecule has 0 aliphatic carbocycles. The first-order chi connectivity index (χ1) is 8.20. The van der Waals surface area contributed by atoms with Gasteiger partial charge in [0.2, 0.25) is 0 Å². The number of methoxy groups -OCH3 is 1. The number of aliphatic hydroxyl groups excluding tert-OH is 1. The maximum Gasteiger partial charge on any atom is 0.118 e. The molecule has 0 aliphatic heterocycles. The molecular weight excluding hydrogens is 280 g/mol. The first kappa shape index (κ1) is 12.1. The van der Waals surface area contributed by atoms with Crippen LogP contribution in [0.3, 0.4) is 0 Å². The summed E-state index contributed by atoms with van der Waals surface area (Å²) in [6, 6.07) is 15.1. The first-order valence-electron chi connectivity index (χ1n) is 5.28. The van der Waals surface area contributed by atoms with E-state index >= 15 is 0 Å². The molecule has 88 valence electrons. The van der Waals surface area contributed by atoms with E-state index in [-0.39, 0.29) is 0 Å². The van der Waals surface area contributed by atoms with Gasteiger partial charge in [-0.2, -0.15) is 0 Å². The van der Waals surface area contributed by atoms with E-state index in [0.29, 0.717) is 0 Å². The lowest BCUT2D eigenvalue weighted by Gasteiger charge is -2.12. The van der Waals surface area contributed by atoms with Crippen molar-refractivity contribution in [1.29, 1.82) is 0 Å². The fourth-order valence-corrected chi connectivity index (χ4v) is 1.89. The van der Waals surface area contributed by atoms with Gasteiger partial charge in [-0.25, -0.2) is 0 Å². The molecule has 0 unspecified atom stereocenters. The molecular formula is C14H13BrO2. The van der Waals surface area contributed by atoms with Gasteiger partial charge in [0.25, 0.3) is 0 Å². The number of benzene rings is 2. The van der Waals surface area contributed by atoms with Crippen LogP contribution in [-0.4, -0.2) is 12.2 Å². The molecule has 0 saturated carbocycles. The van der Waals surface area contributed by atoms with Crippen LogP contribution in [0.1, 0.15) is 17.2 Å². The molecule has 2 aromatic carbocycles. The highest BCUT2D eigenvalue weighted by molar-refractivity contribution is 9.10. The van der Waals surface area contributed by atoms with E-state index in [1.807, 2.05) is 48.5 Å². The van der Waals surface area contributed by atoms with Gasteiger partial charge in [0.15, 0.2) is 0 Å². The zero-order valence-electron chi connectivity index (χ0n) is 9.43. The molecule has 2 nitrogen and oxygen atoms in total. The molecule has 0 heterocycles. The summed E-state index contributed by atoms with van der Waals surface area (Å²) in [5, 5.41) is 10.2. The summed E-state index contributed by atoms with van der Waals surface area (Å²) >= 11 is 3.37. The molecule has 0 saturated heterocycles. The van der Waals surface area contributed by atoms with Crippen molar-refractivity contribution in [3.05, 3.63) is 64.1 Å². The lowest BCUT2D eigenvalue weighted by atomic mass is 10.0. The Labute approximate surface area is 109 Å². The minimum atomic E-state index is -0.603. The number of halogens is 1. The van der Waals surface area contributed by atoms with Crippen LogP contribution in [0.25, 0.3) is 0 Å². The highest BCUT2D eigenvalue weighted by Crippen LogP contribution is 2.24. The van der Waals surface area contributed by atoms with Crippen LogP contribution < -0.4 is 4.74 Å². The Kier molecular flexibility index (Phi) is 3.82. The first-order valence-corrected chi connectivity index (χ1v) is 6.07. The molecule has 1 N–H and O–H groups in total. The third-order valence-corrected chi connectivity index (χ3v) is 3.15. The van der Waals surface area contributed by atoms with Crippen molar-refractivity contribution >= 4 is 15.9 Å². The van der Waals surface area contributed by atoms with Gasteiger partial charge in [-0.1, -0.05) is 40.2 Å². The van der Waals surface area contributed by atoms with E-state index in [1.54, 1.807) is 7.11 Å². The number of hydrogen-bond acceptors (Lipinski definition) is 2. The number of hydrogen-bond donors (Lipinski definition) is 1. The van der Waals surface area contributed by atoms with Gasteiger partial charge < -0.3 is 9.84 Å². The smallest absolute Gasteiger partial charge is 0.118 e. The van der Waals surface area contributed by atoms with Gasteiger partial charge in [0.05, 0.1) is 7.11 Å². The van der Waals surface area contributed by atoms with Gasteiger partial charge in [0.1, 0.15) is 11.9 Å². The lowest BCUT2D eigenvalue weighted by Crippen LogP contribution is -1.99. The van der Waals surface area contributed by atoms with Crippen molar-refractivity contribution in [3.63, 3.8) is 0 Å². The fraction of sp³-hybridized carbons (Fsp3) is 0.143. The minimum Gasteiger partial charge on any atom is -0.497 e. The standard InChI is InChI=1S/C14H13BrO2/c1-17-13-8-4-11(5-9-13)14(16)10-2-6-12(15)7-3-10/h2-9,14,16H,1H3/t14-/m1/s1. The quantitative estimate of drug-likeness (QED) is 0.938. The lowest BCUT2D eigenvalue weighted by molar-refractivity contribution is 0.220. The van der Waals surface area contributed by atoms with Crippen LogP contribution in [0.15, 0.2) is 53.0 Å². The van der Waals surface area contributed by atoms with Gasteiger partial charge in [-0.15, -0.1) is 0 Å². The Bertz CT molecular complexity index is 477. The molecule has 0 fully saturated rings. The third-order valence-electron chi connectivity index (χ3n) is 2.62. The second-order valence-corrected chi connectivity index (χ2v) is 4.64. The van der Waals surface area contributed by atoms with E-state index in [4.69, 9.17) is 4.74 Å². The maximum atomic E-state index is 10.2. The second-order valence-electron chi connectivity index (χ2n) is 3.73. The summed E-state index contributed by atoms with van der Waals surface area (Å²) in [5.74, 6) is 0.789. The highest BCUT2D eigenvalue weighted by atomic mass is 79.9. The molecule has 0 bridgehead atoms. The third kappa shape index (κ3) is 2.87. The SMILES string of the molecule is COc1ccc([C@H](O)c2ccc(Br)cc2)cc1. The minimum absolute atomic E-state index is 0.603. The van der Waals surface area contributed by atoms with Crippen LogP contribution in [0.5, 0.6) is 5.75 Å². The zero-order chi connectivity index (χ0) is 12.3. The predicted molar refractivity (Wildman–Crippen MR) is 71.2 cm³/mol. The number of ether oxygens (including phenoxy) is 1. The van der Waals surface area contributed by atoms with Crippen LogP contribution in [0, 0.1) is 0 Å². The molecule has 0 amide bonds. The normalized spacial score (nSPS) is 12.2. The molecule has 0 aliphatic rings. The summed E-state index contributed by atoms with van der Waals surface area (Å²) in [6.07, 6.45) is -0.603. The van der Waals surface area contributed by atoms with Crippen molar-refractivity contribution in [2.75, 3.05) is 7.11 Å². The topological polar surface area (TPSA) is 29.5 Å². The molecule has 17 heavy (non-hydrogen) atoms. The van der Waals surface area contributed by atoms with Crippen molar-refractivity contribution in [3.8, 4) is 5.75 Å². The van der Waals surface area contributed by atoms with Crippen molar-refractivity contribution in [2.24, 2.45) is 0 Å². The fourth-order valence-electron chi connectivity index (χ4n) is 1.62. The monoisotopic (exact) mass is 292 g/mol. The van der Waals surface area contributed by atoms with Crippen LogP contribution in [0.4, 0.5) is 0 Å². The summed E-state index contributed by atoms with van der Waals surface area (Å²) in [5.41, 5.74) is 1.73. The van der Waals surface area contributed by atoms with Crippen molar-refractivity contribution in [1.82, 2.24) is 0 Å². The van der Waals surface area contributed by atoms with Crippen LogP contribution >= 0.6 is 15.9 Å². The Hall–Kier alpha value is -1.32. The van der Waals surface area contributed by atoms with E-state index < -0.39 is 6.10 Å². The number of aliphatic hydroxyl groups is 1. The molecule has 2 rings (SSSR count). The van der Waals surface area contributed by atoms with Gasteiger partial charge >= 0.3 is 0 Å². The molecule has 3 heteroatoms. The predicted octanol–water partition coefficient (Wildman–Crippen LogP) is 3.54.